The summed E-state index contributed by atoms with van der Waals surface area (Å²) in [5.41, 5.74) is 1.35. The molecule has 0 aliphatic carbocycles. The SMILES string of the molecule is CCNC(=NCCC(C)N(C)Cc1ccccc1)NCCOC. The Labute approximate surface area is 141 Å². The minimum Gasteiger partial charge on any atom is -0.383 e. The van der Waals surface area contributed by atoms with Crippen molar-refractivity contribution >= 4 is 5.96 Å². The Morgan fingerprint density at radius 2 is 2.00 bits per heavy atom. The topological polar surface area (TPSA) is 48.9 Å². The summed E-state index contributed by atoms with van der Waals surface area (Å²) in [7, 11) is 3.87. The van der Waals surface area contributed by atoms with E-state index in [4.69, 9.17) is 4.74 Å². The highest BCUT2D eigenvalue weighted by Crippen LogP contribution is 2.08. The van der Waals surface area contributed by atoms with Crippen molar-refractivity contribution in [1.29, 1.82) is 0 Å². The molecule has 0 aliphatic rings. The van der Waals surface area contributed by atoms with Gasteiger partial charge < -0.3 is 15.4 Å². The number of guanidine groups is 1. The lowest BCUT2D eigenvalue weighted by Gasteiger charge is -2.24. The second-order valence-electron chi connectivity index (χ2n) is 5.72. The van der Waals surface area contributed by atoms with Crippen LogP contribution in [0.1, 0.15) is 25.8 Å². The van der Waals surface area contributed by atoms with Crippen LogP contribution in [0, 0.1) is 0 Å². The van der Waals surface area contributed by atoms with Crippen LogP contribution in [0.15, 0.2) is 35.3 Å². The van der Waals surface area contributed by atoms with E-state index in [0.717, 1.165) is 38.6 Å². The lowest BCUT2D eigenvalue weighted by atomic mass is 10.1. The number of nitrogens with zero attached hydrogens (tertiary/aromatic N) is 2. The number of methoxy groups -OCH3 is 1. The molecule has 0 fully saturated rings. The van der Waals surface area contributed by atoms with Gasteiger partial charge in [0.2, 0.25) is 0 Å². The number of ether oxygens (including phenoxy) is 1. The molecule has 1 atom stereocenters. The van der Waals surface area contributed by atoms with Gasteiger partial charge in [-0.15, -0.1) is 0 Å². The first-order valence-electron chi connectivity index (χ1n) is 8.42. The summed E-state index contributed by atoms with van der Waals surface area (Å²) in [5.74, 6) is 0.863. The van der Waals surface area contributed by atoms with E-state index in [1.54, 1.807) is 7.11 Å². The Hall–Kier alpha value is -1.59. The summed E-state index contributed by atoms with van der Waals surface area (Å²) in [6.45, 7) is 8.42. The summed E-state index contributed by atoms with van der Waals surface area (Å²) in [4.78, 5) is 7.00. The van der Waals surface area contributed by atoms with Crippen LogP contribution < -0.4 is 10.6 Å². The molecule has 0 heterocycles. The van der Waals surface area contributed by atoms with Gasteiger partial charge in [-0.2, -0.15) is 0 Å². The van der Waals surface area contributed by atoms with Crippen LogP contribution in [-0.4, -0.2) is 57.3 Å². The fourth-order valence-electron chi connectivity index (χ4n) is 2.22. The molecular weight excluding hydrogens is 288 g/mol. The fraction of sp³-hybridized carbons (Fsp3) is 0.611. The molecule has 0 radical (unpaired) electrons. The van der Waals surface area contributed by atoms with Crippen molar-refractivity contribution < 1.29 is 4.74 Å². The number of hydrogen-bond donors (Lipinski definition) is 2. The highest BCUT2D eigenvalue weighted by atomic mass is 16.5. The van der Waals surface area contributed by atoms with Crippen LogP contribution in [0.4, 0.5) is 0 Å². The molecule has 1 rings (SSSR count). The molecule has 0 saturated heterocycles. The average Bonchev–Trinajstić information content (AvgIpc) is 2.55. The van der Waals surface area contributed by atoms with Crippen LogP contribution in [0.5, 0.6) is 0 Å². The van der Waals surface area contributed by atoms with E-state index < -0.39 is 0 Å². The third kappa shape index (κ3) is 8.57. The number of nitrogens with one attached hydrogen (secondary N) is 2. The van der Waals surface area contributed by atoms with E-state index in [1.165, 1.54) is 5.56 Å². The Bertz CT molecular complexity index is 436. The van der Waals surface area contributed by atoms with Crippen molar-refractivity contribution in [3.05, 3.63) is 35.9 Å². The van der Waals surface area contributed by atoms with Crippen molar-refractivity contribution in [3.8, 4) is 0 Å². The molecular formula is C18H32N4O. The molecule has 0 aliphatic heterocycles. The third-order valence-electron chi connectivity index (χ3n) is 3.79. The van der Waals surface area contributed by atoms with Gasteiger partial charge in [0.05, 0.1) is 6.61 Å². The smallest absolute Gasteiger partial charge is 0.191 e. The summed E-state index contributed by atoms with van der Waals surface area (Å²) in [5, 5.41) is 6.52. The molecule has 1 aromatic rings. The first-order chi connectivity index (χ1) is 11.2. The number of aliphatic imine (C=N–C) groups is 1. The maximum atomic E-state index is 5.05. The second-order valence-corrected chi connectivity index (χ2v) is 5.72. The summed E-state index contributed by atoms with van der Waals surface area (Å²) in [6, 6.07) is 11.1. The van der Waals surface area contributed by atoms with Crippen LogP contribution in [0.25, 0.3) is 0 Å². The highest BCUT2D eigenvalue weighted by Gasteiger charge is 2.09. The zero-order valence-corrected chi connectivity index (χ0v) is 15.0. The van der Waals surface area contributed by atoms with Crippen molar-refractivity contribution in [1.82, 2.24) is 15.5 Å². The first kappa shape index (κ1) is 19.5. The molecule has 0 bridgehead atoms. The lowest BCUT2D eigenvalue weighted by molar-refractivity contribution is 0.203. The zero-order valence-electron chi connectivity index (χ0n) is 15.0. The van der Waals surface area contributed by atoms with Gasteiger partial charge in [-0.1, -0.05) is 30.3 Å². The van der Waals surface area contributed by atoms with E-state index in [9.17, 15) is 0 Å². The first-order valence-corrected chi connectivity index (χ1v) is 8.42. The predicted molar refractivity (Wildman–Crippen MR) is 97.8 cm³/mol. The standard InChI is InChI=1S/C18H32N4O/c1-5-19-18(21-13-14-23-4)20-12-11-16(2)22(3)15-17-9-7-6-8-10-17/h6-10,16H,5,11-15H2,1-4H3,(H2,19,20,21). The van der Waals surface area contributed by atoms with Crippen LogP contribution >= 0.6 is 0 Å². The highest BCUT2D eigenvalue weighted by molar-refractivity contribution is 5.79. The molecule has 0 saturated carbocycles. The van der Waals surface area contributed by atoms with E-state index in [2.05, 4.69) is 71.8 Å². The quantitative estimate of drug-likeness (QED) is 0.394. The molecule has 23 heavy (non-hydrogen) atoms. The van der Waals surface area contributed by atoms with E-state index in [-0.39, 0.29) is 0 Å². The Morgan fingerprint density at radius 3 is 2.65 bits per heavy atom. The van der Waals surface area contributed by atoms with Gasteiger partial charge in [-0.3, -0.25) is 9.89 Å². The van der Waals surface area contributed by atoms with Crippen molar-refractivity contribution in [2.45, 2.75) is 32.9 Å². The van der Waals surface area contributed by atoms with Gasteiger partial charge in [0.15, 0.2) is 5.96 Å². The monoisotopic (exact) mass is 320 g/mol. The molecule has 1 unspecified atom stereocenters. The summed E-state index contributed by atoms with van der Waals surface area (Å²) >= 11 is 0. The maximum absolute atomic E-state index is 5.05. The molecule has 2 N–H and O–H groups in total. The Kier molecular flexibility index (Phi) is 10.1. The molecule has 0 spiro atoms. The van der Waals surface area contributed by atoms with Gasteiger partial charge in [0.25, 0.3) is 0 Å². The zero-order chi connectivity index (χ0) is 16.9. The molecule has 0 amide bonds. The molecule has 5 nitrogen and oxygen atoms in total. The van der Waals surface area contributed by atoms with Gasteiger partial charge in [-0.25, -0.2) is 0 Å². The minimum atomic E-state index is 0.487. The summed E-state index contributed by atoms with van der Waals surface area (Å²) in [6.07, 6.45) is 1.03. The van der Waals surface area contributed by atoms with Crippen LogP contribution in [-0.2, 0) is 11.3 Å². The van der Waals surface area contributed by atoms with Gasteiger partial charge in [0, 0.05) is 39.3 Å². The van der Waals surface area contributed by atoms with Crippen molar-refractivity contribution in [2.24, 2.45) is 4.99 Å². The average molecular weight is 320 g/mol. The second kappa shape index (κ2) is 11.9. The Balaban J connectivity index is 2.36. The van der Waals surface area contributed by atoms with Crippen LogP contribution in [0.3, 0.4) is 0 Å². The fourth-order valence-corrected chi connectivity index (χ4v) is 2.22. The number of hydrogen-bond acceptors (Lipinski definition) is 3. The van der Waals surface area contributed by atoms with Gasteiger partial charge in [-0.05, 0) is 32.9 Å². The molecule has 5 heteroatoms. The number of rotatable bonds is 10. The lowest BCUT2D eigenvalue weighted by Crippen LogP contribution is -2.39. The van der Waals surface area contributed by atoms with E-state index in [1.807, 2.05) is 0 Å². The molecule has 0 aromatic heterocycles. The minimum absolute atomic E-state index is 0.487. The van der Waals surface area contributed by atoms with Crippen molar-refractivity contribution in [2.75, 3.05) is 40.4 Å². The van der Waals surface area contributed by atoms with E-state index >= 15 is 0 Å². The van der Waals surface area contributed by atoms with Crippen LogP contribution in [0.2, 0.25) is 0 Å². The third-order valence-corrected chi connectivity index (χ3v) is 3.79. The molecule has 130 valence electrons. The van der Waals surface area contributed by atoms with E-state index in [0.29, 0.717) is 12.6 Å². The summed E-state index contributed by atoms with van der Waals surface area (Å²) < 4.78 is 5.05. The largest absolute Gasteiger partial charge is 0.383 e. The number of benzene rings is 1. The predicted octanol–water partition coefficient (Wildman–Crippen LogP) is 2.10. The van der Waals surface area contributed by atoms with Gasteiger partial charge in [0.1, 0.15) is 0 Å². The van der Waals surface area contributed by atoms with Crippen molar-refractivity contribution in [3.63, 3.8) is 0 Å². The maximum Gasteiger partial charge on any atom is 0.191 e. The molecule has 1 aromatic carbocycles. The Morgan fingerprint density at radius 1 is 1.26 bits per heavy atom. The van der Waals surface area contributed by atoms with Gasteiger partial charge >= 0.3 is 0 Å². The normalized spacial score (nSPS) is 13.2.